The molecule has 1 amide bonds. The zero-order chi connectivity index (χ0) is 15.8. The number of nitrogens with one attached hydrogen (secondary N) is 1. The first kappa shape index (κ1) is 17.5. The molecular weight excluding hydrogens is 264 g/mol. The van der Waals surface area contributed by atoms with E-state index >= 15 is 0 Å². The van der Waals surface area contributed by atoms with Crippen molar-refractivity contribution in [3.8, 4) is 5.75 Å². The second kappa shape index (κ2) is 8.67. The maximum absolute atomic E-state index is 12.2. The summed E-state index contributed by atoms with van der Waals surface area (Å²) < 4.78 is 5.45. The van der Waals surface area contributed by atoms with Crippen LogP contribution in [0.25, 0.3) is 0 Å². The SMILES string of the molecule is CCOc1ccc(NC(=O)C(C)CCCC(C)N)c(C)c1. The lowest BCUT2D eigenvalue weighted by Gasteiger charge is -2.15. The second-order valence-electron chi connectivity index (χ2n) is 5.71. The Kier molecular flexibility index (Phi) is 7.23. The molecule has 1 rings (SSSR count). The van der Waals surface area contributed by atoms with E-state index in [4.69, 9.17) is 10.5 Å². The molecule has 3 N–H and O–H groups in total. The standard InChI is InChI=1S/C17H28N2O2/c1-5-21-15-9-10-16(13(3)11-15)19-17(20)12(2)7-6-8-14(4)18/h9-12,14H,5-8,18H2,1-4H3,(H,19,20). The smallest absolute Gasteiger partial charge is 0.227 e. The van der Waals surface area contributed by atoms with Crippen LogP contribution in [-0.4, -0.2) is 18.6 Å². The first-order valence-electron chi connectivity index (χ1n) is 7.74. The van der Waals surface area contributed by atoms with E-state index in [0.29, 0.717) is 6.61 Å². The molecule has 0 aliphatic heterocycles. The van der Waals surface area contributed by atoms with E-state index in [2.05, 4.69) is 5.32 Å². The van der Waals surface area contributed by atoms with Gasteiger partial charge in [0.15, 0.2) is 0 Å². The highest BCUT2D eigenvalue weighted by Gasteiger charge is 2.14. The number of benzene rings is 1. The molecule has 2 atom stereocenters. The highest BCUT2D eigenvalue weighted by atomic mass is 16.5. The quantitative estimate of drug-likeness (QED) is 0.771. The van der Waals surface area contributed by atoms with Crippen molar-refractivity contribution in [1.82, 2.24) is 0 Å². The van der Waals surface area contributed by atoms with Gasteiger partial charge < -0.3 is 15.8 Å². The van der Waals surface area contributed by atoms with E-state index in [1.807, 2.05) is 45.9 Å². The Labute approximate surface area is 128 Å². The molecule has 0 saturated carbocycles. The summed E-state index contributed by atoms with van der Waals surface area (Å²) in [6.45, 7) is 8.52. The fourth-order valence-electron chi connectivity index (χ4n) is 2.17. The molecule has 21 heavy (non-hydrogen) atoms. The van der Waals surface area contributed by atoms with Crippen LogP contribution in [0.3, 0.4) is 0 Å². The molecule has 118 valence electrons. The van der Waals surface area contributed by atoms with Crippen LogP contribution in [0, 0.1) is 12.8 Å². The minimum atomic E-state index is -0.00489. The Morgan fingerprint density at radius 2 is 2.05 bits per heavy atom. The van der Waals surface area contributed by atoms with Crippen LogP contribution >= 0.6 is 0 Å². The summed E-state index contributed by atoms with van der Waals surface area (Å²) in [5.41, 5.74) is 7.59. The normalized spacial score (nSPS) is 13.6. The summed E-state index contributed by atoms with van der Waals surface area (Å²) >= 11 is 0. The third-order valence-electron chi connectivity index (χ3n) is 3.51. The van der Waals surface area contributed by atoms with Gasteiger partial charge in [-0.05, 0) is 57.4 Å². The van der Waals surface area contributed by atoms with E-state index in [1.54, 1.807) is 0 Å². The molecule has 0 saturated heterocycles. The number of hydrogen-bond acceptors (Lipinski definition) is 3. The molecule has 0 aromatic heterocycles. The van der Waals surface area contributed by atoms with Crippen molar-refractivity contribution in [2.75, 3.05) is 11.9 Å². The van der Waals surface area contributed by atoms with Gasteiger partial charge >= 0.3 is 0 Å². The Bertz CT molecular complexity index is 458. The third-order valence-corrected chi connectivity index (χ3v) is 3.51. The molecule has 0 fully saturated rings. The number of carbonyl (C=O) groups is 1. The van der Waals surface area contributed by atoms with Crippen LogP contribution in [0.4, 0.5) is 5.69 Å². The molecule has 4 nitrogen and oxygen atoms in total. The maximum atomic E-state index is 12.2. The predicted octanol–water partition coefficient (Wildman–Crippen LogP) is 3.49. The molecule has 4 heteroatoms. The zero-order valence-corrected chi connectivity index (χ0v) is 13.6. The molecular formula is C17H28N2O2. The van der Waals surface area contributed by atoms with Gasteiger partial charge in [-0.25, -0.2) is 0 Å². The van der Waals surface area contributed by atoms with Crippen LogP contribution in [0.5, 0.6) is 5.75 Å². The van der Waals surface area contributed by atoms with Gasteiger partial charge in [0.1, 0.15) is 5.75 Å². The summed E-state index contributed by atoms with van der Waals surface area (Å²) in [6.07, 6.45) is 2.80. The van der Waals surface area contributed by atoms with Gasteiger partial charge in [0.2, 0.25) is 5.91 Å². The minimum Gasteiger partial charge on any atom is -0.494 e. The third kappa shape index (κ3) is 6.17. The molecule has 0 spiro atoms. The van der Waals surface area contributed by atoms with Gasteiger partial charge in [-0.1, -0.05) is 13.3 Å². The average Bonchev–Trinajstić information content (AvgIpc) is 2.41. The Hall–Kier alpha value is -1.55. The number of nitrogens with two attached hydrogens (primary N) is 1. The van der Waals surface area contributed by atoms with Crippen molar-refractivity contribution in [1.29, 1.82) is 0 Å². The lowest BCUT2D eigenvalue weighted by Crippen LogP contribution is -2.22. The molecule has 1 aromatic rings. The van der Waals surface area contributed by atoms with Gasteiger partial charge in [0.25, 0.3) is 0 Å². The lowest BCUT2D eigenvalue weighted by atomic mass is 10.0. The van der Waals surface area contributed by atoms with Crippen LogP contribution in [0.15, 0.2) is 18.2 Å². The van der Waals surface area contributed by atoms with E-state index in [0.717, 1.165) is 36.3 Å². The summed E-state index contributed by atoms with van der Waals surface area (Å²) in [4.78, 5) is 12.2. The summed E-state index contributed by atoms with van der Waals surface area (Å²) in [5.74, 6) is 0.889. The maximum Gasteiger partial charge on any atom is 0.227 e. The van der Waals surface area contributed by atoms with Gasteiger partial charge in [-0.15, -0.1) is 0 Å². The number of aryl methyl sites for hydroxylation is 1. The van der Waals surface area contributed by atoms with Crippen molar-refractivity contribution in [2.45, 2.75) is 53.0 Å². The van der Waals surface area contributed by atoms with Gasteiger partial charge in [-0.3, -0.25) is 4.79 Å². The highest BCUT2D eigenvalue weighted by Crippen LogP contribution is 2.22. The molecule has 0 radical (unpaired) electrons. The van der Waals surface area contributed by atoms with Crippen molar-refractivity contribution < 1.29 is 9.53 Å². The first-order valence-corrected chi connectivity index (χ1v) is 7.74. The number of rotatable bonds is 8. The summed E-state index contributed by atoms with van der Waals surface area (Å²) in [6, 6.07) is 5.92. The van der Waals surface area contributed by atoms with Crippen molar-refractivity contribution in [3.05, 3.63) is 23.8 Å². The molecule has 2 unspecified atom stereocenters. The van der Waals surface area contributed by atoms with E-state index < -0.39 is 0 Å². The molecule has 0 aliphatic rings. The molecule has 1 aromatic carbocycles. The van der Waals surface area contributed by atoms with Gasteiger partial charge in [0, 0.05) is 17.6 Å². The largest absolute Gasteiger partial charge is 0.494 e. The van der Waals surface area contributed by atoms with Gasteiger partial charge in [-0.2, -0.15) is 0 Å². The van der Waals surface area contributed by atoms with E-state index in [1.165, 1.54) is 0 Å². The number of ether oxygens (including phenoxy) is 1. The molecule has 0 heterocycles. The van der Waals surface area contributed by atoms with Crippen LogP contribution in [0.1, 0.15) is 45.6 Å². The van der Waals surface area contributed by atoms with Crippen LogP contribution < -0.4 is 15.8 Å². The van der Waals surface area contributed by atoms with Crippen molar-refractivity contribution >= 4 is 11.6 Å². The molecule has 0 bridgehead atoms. The fraction of sp³-hybridized carbons (Fsp3) is 0.588. The van der Waals surface area contributed by atoms with E-state index in [9.17, 15) is 4.79 Å². The first-order chi connectivity index (χ1) is 9.93. The van der Waals surface area contributed by atoms with Crippen LogP contribution in [0.2, 0.25) is 0 Å². The average molecular weight is 292 g/mol. The van der Waals surface area contributed by atoms with E-state index in [-0.39, 0.29) is 17.9 Å². The second-order valence-corrected chi connectivity index (χ2v) is 5.71. The monoisotopic (exact) mass is 292 g/mol. The molecule has 0 aliphatic carbocycles. The van der Waals surface area contributed by atoms with Crippen molar-refractivity contribution in [3.63, 3.8) is 0 Å². The lowest BCUT2D eigenvalue weighted by molar-refractivity contribution is -0.119. The predicted molar refractivity (Wildman–Crippen MR) is 87.6 cm³/mol. The Balaban J connectivity index is 2.53. The van der Waals surface area contributed by atoms with Gasteiger partial charge in [0.05, 0.1) is 6.61 Å². The summed E-state index contributed by atoms with van der Waals surface area (Å²) in [7, 11) is 0. The number of carbonyl (C=O) groups excluding carboxylic acids is 1. The minimum absolute atomic E-state index is 0.00489. The fourth-order valence-corrected chi connectivity index (χ4v) is 2.17. The number of amides is 1. The van der Waals surface area contributed by atoms with Crippen molar-refractivity contribution in [2.24, 2.45) is 11.7 Å². The Morgan fingerprint density at radius 1 is 1.33 bits per heavy atom. The highest BCUT2D eigenvalue weighted by molar-refractivity contribution is 5.93. The zero-order valence-electron chi connectivity index (χ0n) is 13.6. The van der Waals surface area contributed by atoms with Crippen LogP contribution in [-0.2, 0) is 4.79 Å². The summed E-state index contributed by atoms with van der Waals surface area (Å²) in [5, 5.41) is 2.99. The number of hydrogen-bond donors (Lipinski definition) is 2. The topological polar surface area (TPSA) is 64.3 Å². The number of anilines is 1. The Morgan fingerprint density at radius 3 is 2.62 bits per heavy atom.